The monoisotopic (exact) mass is 244 g/mol. The van der Waals surface area contributed by atoms with Gasteiger partial charge in [-0.25, -0.2) is 9.67 Å². The second-order valence-corrected chi connectivity index (χ2v) is 3.91. The maximum atomic E-state index is 6.11. The predicted molar refractivity (Wildman–Crippen MR) is 65.6 cm³/mol. The Labute approximate surface area is 103 Å². The van der Waals surface area contributed by atoms with Crippen molar-refractivity contribution in [2.45, 2.75) is 20.4 Å². The average molecular weight is 244 g/mol. The lowest BCUT2D eigenvalue weighted by Crippen LogP contribution is -1.99. The zero-order chi connectivity index (χ0) is 12.7. The molecular formula is C11H12N6O. The molecule has 18 heavy (non-hydrogen) atoms. The molecule has 0 aliphatic carbocycles. The van der Waals surface area contributed by atoms with Crippen LogP contribution >= 0.6 is 0 Å². The Morgan fingerprint density at radius 3 is 2.83 bits per heavy atom. The Bertz CT molecular complexity index is 713. The van der Waals surface area contributed by atoms with Crippen LogP contribution in [0.15, 0.2) is 16.8 Å². The summed E-state index contributed by atoms with van der Waals surface area (Å²) in [5, 5.41) is 12.8. The van der Waals surface area contributed by atoms with E-state index in [4.69, 9.17) is 10.2 Å². The maximum Gasteiger partial charge on any atom is 0.251 e. The molecule has 0 saturated heterocycles. The quantitative estimate of drug-likeness (QED) is 0.731. The molecule has 3 aromatic heterocycles. The molecule has 0 unspecified atom stereocenters. The van der Waals surface area contributed by atoms with Gasteiger partial charge in [-0.3, -0.25) is 0 Å². The molecule has 3 rings (SSSR count). The van der Waals surface area contributed by atoms with E-state index in [-0.39, 0.29) is 0 Å². The molecule has 0 spiro atoms. The van der Waals surface area contributed by atoms with Gasteiger partial charge in [0.1, 0.15) is 0 Å². The van der Waals surface area contributed by atoms with E-state index in [1.807, 2.05) is 6.92 Å². The van der Waals surface area contributed by atoms with E-state index < -0.39 is 0 Å². The van der Waals surface area contributed by atoms with Crippen LogP contribution in [0.25, 0.3) is 22.5 Å². The summed E-state index contributed by atoms with van der Waals surface area (Å²) < 4.78 is 7.15. The minimum absolute atomic E-state index is 0.378. The van der Waals surface area contributed by atoms with Crippen LogP contribution in [-0.2, 0) is 6.54 Å². The molecule has 0 aliphatic rings. The summed E-state index contributed by atoms with van der Waals surface area (Å²) in [5.41, 5.74) is 8.06. The molecule has 0 atom stereocenters. The third kappa shape index (κ3) is 1.44. The molecule has 92 valence electrons. The average Bonchev–Trinajstić information content (AvgIpc) is 2.96. The van der Waals surface area contributed by atoms with Crippen LogP contribution in [0.3, 0.4) is 0 Å². The predicted octanol–water partition coefficient (Wildman–Crippen LogP) is 1.39. The topological polar surface area (TPSA) is 95.7 Å². The molecule has 0 amide bonds. The summed E-state index contributed by atoms with van der Waals surface area (Å²) in [6.45, 7) is 4.47. The van der Waals surface area contributed by atoms with E-state index in [0.29, 0.717) is 23.0 Å². The Morgan fingerprint density at radius 2 is 2.17 bits per heavy atom. The number of aromatic nitrogens is 5. The van der Waals surface area contributed by atoms with Gasteiger partial charge in [-0.15, -0.1) is 10.2 Å². The van der Waals surface area contributed by atoms with Gasteiger partial charge in [-0.2, -0.15) is 5.10 Å². The molecule has 0 radical (unpaired) electrons. The number of nitrogen functional groups attached to an aromatic ring is 1. The number of fused-ring (bicyclic) bond motifs is 1. The van der Waals surface area contributed by atoms with E-state index >= 15 is 0 Å². The molecule has 0 bridgehead atoms. The highest BCUT2D eigenvalue weighted by molar-refractivity contribution is 5.94. The van der Waals surface area contributed by atoms with Crippen molar-refractivity contribution in [3.63, 3.8) is 0 Å². The second kappa shape index (κ2) is 3.80. The molecule has 0 saturated carbocycles. The lowest BCUT2D eigenvalue weighted by atomic mass is 10.2. The van der Waals surface area contributed by atoms with Gasteiger partial charge in [-0.05, 0) is 6.92 Å². The highest BCUT2D eigenvalue weighted by Crippen LogP contribution is 2.29. The Morgan fingerprint density at radius 1 is 1.33 bits per heavy atom. The summed E-state index contributed by atoms with van der Waals surface area (Å²) in [6.07, 6.45) is 3.34. The molecule has 0 fully saturated rings. The fourth-order valence-electron chi connectivity index (χ4n) is 1.85. The normalized spacial score (nSPS) is 11.2. The highest BCUT2D eigenvalue weighted by atomic mass is 16.4. The minimum atomic E-state index is 0.378. The number of pyridine rings is 1. The van der Waals surface area contributed by atoms with Gasteiger partial charge in [0, 0.05) is 19.7 Å². The zero-order valence-electron chi connectivity index (χ0n) is 10.1. The van der Waals surface area contributed by atoms with Crippen molar-refractivity contribution < 1.29 is 4.42 Å². The molecule has 3 aromatic rings. The van der Waals surface area contributed by atoms with Crippen molar-refractivity contribution in [3.8, 4) is 11.5 Å². The molecule has 2 N–H and O–H groups in total. The molecule has 0 aliphatic heterocycles. The first-order valence-electron chi connectivity index (χ1n) is 5.61. The van der Waals surface area contributed by atoms with Gasteiger partial charge in [0.15, 0.2) is 5.65 Å². The summed E-state index contributed by atoms with van der Waals surface area (Å²) in [4.78, 5) is 4.35. The van der Waals surface area contributed by atoms with Crippen molar-refractivity contribution in [3.05, 3.63) is 18.3 Å². The number of aryl methyl sites for hydroxylation is 2. The molecular weight excluding hydrogens is 232 g/mol. The summed E-state index contributed by atoms with van der Waals surface area (Å²) in [7, 11) is 0. The van der Waals surface area contributed by atoms with Crippen LogP contribution in [0, 0.1) is 6.92 Å². The summed E-state index contributed by atoms with van der Waals surface area (Å²) in [5.74, 6) is 0.873. The van der Waals surface area contributed by atoms with Crippen LogP contribution in [0.2, 0.25) is 0 Å². The number of nitrogens with two attached hydrogens (primary N) is 1. The van der Waals surface area contributed by atoms with Crippen molar-refractivity contribution in [1.29, 1.82) is 0 Å². The number of hydrogen-bond acceptors (Lipinski definition) is 6. The zero-order valence-corrected chi connectivity index (χ0v) is 10.1. The van der Waals surface area contributed by atoms with Gasteiger partial charge >= 0.3 is 0 Å². The van der Waals surface area contributed by atoms with Crippen LogP contribution < -0.4 is 5.73 Å². The number of hydrogen-bond donors (Lipinski definition) is 1. The van der Waals surface area contributed by atoms with Gasteiger partial charge in [0.05, 0.1) is 22.8 Å². The van der Waals surface area contributed by atoms with E-state index in [2.05, 4.69) is 20.3 Å². The summed E-state index contributed by atoms with van der Waals surface area (Å²) >= 11 is 0. The first-order chi connectivity index (χ1) is 8.70. The highest BCUT2D eigenvalue weighted by Gasteiger charge is 2.15. The first kappa shape index (κ1) is 10.7. The maximum absolute atomic E-state index is 6.11. The number of rotatable bonds is 2. The first-order valence-corrected chi connectivity index (χ1v) is 5.61. The minimum Gasteiger partial charge on any atom is -0.421 e. The number of anilines is 1. The van der Waals surface area contributed by atoms with Crippen LogP contribution in [-0.4, -0.2) is 25.0 Å². The Hall–Kier alpha value is -2.44. The van der Waals surface area contributed by atoms with E-state index in [1.165, 1.54) is 0 Å². The van der Waals surface area contributed by atoms with Crippen LogP contribution in [0.1, 0.15) is 12.8 Å². The lowest BCUT2D eigenvalue weighted by molar-refractivity contribution is 0.533. The van der Waals surface area contributed by atoms with E-state index in [9.17, 15) is 0 Å². The SMILES string of the molecule is CCn1ncc2c(N)c(-c3nnc(C)o3)cnc21. The van der Waals surface area contributed by atoms with Crippen LogP contribution in [0.5, 0.6) is 0 Å². The largest absolute Gasteiger partial charge is 0.421 e. The second-order valence-electron chi connectivity index (χ2n) is 3.91. The van der Waals surface area contributed by atoms with Crippen molar-refractivity contribution in [2.75, 3.05) is 5.73 Å². The third-order valence-corrected chi connectivity index (χ3v) is 2.76. The molecule has 3 heterocycles. The van der Waals surface area contributed by atoms with Crippen molar-refractivity contribution in [1.82, 2.24) is 25.0 Å². The Kier molecular flexibility index (Phi) is 2.26. The van der Waals surface area contributed by atoms with E-state index in [0.717, 1.165) is 17.6 Å². The fourth-order valence-corrected chi connectivity index (χ4v) is 1.85. The third-order valence-electron chi connectivity index (χ3n) is 2.76. The van der Waals surface area contributed by atoms with Crippen molar-refractivity contribution >= 4 is 16.7 Å². The van der Waals surface area contributed by atoms with Crippen molar-refractivity contribution in [2.24, 2.45) is 0 Å². The van der Waals surface area contributed by atoms with Gasteiger partial charge < -0.3 is 10.2 Å². The van der Waals surface area contributed by atoms with Gasteiger partial charge in [0.2, 0.25) is 5.89 Å². The van der Waals surface area contributed by atoms with Crippen LogP contribution in [0.4, 0.5) is 5.69 Å². The standard InChI is InChI=1S/C11H12N6O/c1-3-17-10-7(5-14-17)9(12)8(4-13-10)11-16-15-6(2)18-11/h4-5H,3H2,1-2H3,(H2,12,13). The molecule has 0 aromatic carbocycles. The van der Waals surface area contributed by atoms with Gasteiger partial charge in [-0.1, -0.05) is 0 Å². The van der Waals surface area contributed by atoms with Gasteiger partial charge in [0.25, 0.3) is 5.89 Å². The molecule has 7 nitrogen and oxygen atoms in total. The molecule has 7 heteroatoms. The fraction of sp³-hybridized carbons (Fsp3) is 0.273. The summed E-state index contributed by atoms with van der Waals surface area (Å²) in [6, 6.07) is 0. The lowest BCUT2D eigenvalue weighted by Gasteiger charge is -2.02. The van der Waals surface area contributed by atoms with E-state index in [1.54, 1.807) is 24.0 Å². The Balaban J connectivity index is 2.23. The number of nitrogens with zero attached hydrogens (tertiary/aromatic N) is 5. The smallest absolute Gasteiger partial charge is 0.251 e.